The molecule has 21 heavy (non-hydrogen) atoms. The van der Waals surface area contributed by atoms with Gasteiger partial charge in [-0.05, 0) is 47.3 Å². The molecule has 0 amide bonds. The zero-order chi connectivity index (χ0) is 16.4. The maximum atomic E-state index is 13.7. The van der Waals surface area contributed by atoms with Crippen LogP contribution in [0.3, 0.4) is 0 Å². The van der Waals surface area contributed by atoms with Gasteiger partial charge in [0.15, 0.2) is 0 Å². The molecule has 4 nitrogen and oxygen atoms in total. The van der Waals surface area contributed by atoms with Gasteiger partial charge in [0.25, 0.3) is 9.05 Å². The zero-order valence-corrected chi connectivity index (χ0v) is 14.9. The summed E-state index contributed by atoms with van der Waals surface area (Å²) in [6.07, 6.45) is 0.283. The first kappa shape index (κ1) is 18.4. The molecule has 1 aromatic rings. The van der Waals surface area contributed by atoms with E-state index in [2.05, 4.69) is 15.9 Å². The van der Waals surface area contributed by atoms with Crippen LogP contribution in [-0.2, 0) is 13.8 Å². The molecule has 1 atom stereocenters. The predicted molar refractivity (Wildman–Crippen MR) is 81.5 cm³/mol. The summed E-state index contributed by atoms with van der Waals surface area (Å²) in [6.45, 7) is 5.66. The second-order valence-corrected chi connectivity index (χ2v) is 8.38. The highest BCUT2D eigenvalue weighted by molar-refractivity contribution is 9.10. The van der Waals surface area contributed by atoms with E-state index in [1.165, 1.54) is 0 Å². The quantitative estimate of drug-likeness (QED) is 0.550. The maximum absolute atomic E-state index is 13.7. The third-order valence-electron chi connectivity index (χ3n) is 2.60. The molecule has 0 bridgehead atoms. The number of hydrogen-bond donors (Lipinski definition) is 0. The Hall–Kier alpha value is -0.660. The lowest BCUT2D eigenvalue weighted by atomic mass is 10.1. The van der Waals surface area contributed by atoms with Gasteiger partial charge >= 0.3 is 5.97 Å². The van der Waals surface area contributed by atoms with Gasteiger partial charge in [-0.1, -0.05) is 13.8 Å². The van der Waals surface area contributed by atoms with E-state index in [4.69, 9.17) is 15.4 Å². The van der Waals surface area contributed by atoms with Crippen molar-refractivity contribution in [2.45, 2.75) is 38.2 Å². The molecule has 118 valence electrons. The third kappa shape index (κ3) is 5.23. The van der Waals surface area contributed by atoms with Gasteiger partial charge in [0, 0.05) is 10.7 Å². The van der Waals surface area contributed by atoms with Crippen molar-refractivity contribution in [2.24, 2.45) is 5.92 Å². The first-order valence-electron chi connectivity index (χ1n) is 6.17. The fourth-order valence-electron chi connectivity index (χ4n) is 1.82. The first-order chi connectivity index (χ1) is 9.52. The van der Waals surface area contributed by atoms with Crippen molar-refractivity contribution in [1.29, 1.82) is 0 Å². The summed E-state index contributed by atoms with van der Waals surface area (Å²) in [5.41, 5.74) is -0.203. The highest BCUT2D eigenvalue weighted by Crippen LogP contribution is 2.29. The normalized spacial score (nSPS) is 13.3. The second kappa shape index (κ2) is 7.07. The van der Waals surface area contributed by atoms with E-state index in [0.29, 0.717) is 12.3 Å². The topological polar surface area (TPSA) is 60.4 Å². The van der Waals surface area contributed by atoms with E-state index in [0.717, 1.165) is 12.1 Å². The number of ether oxygens (including phenoxy) is 1. The van der Waals surface area contributed by atoms with E-state index >= 15 is 0 Å². The lowest BCUT2D eigenvalue weighted by Gasteiger charge is -2.15. The minimum absolute atomic E-state index is 0.203. The van der Waals surface area contributed by atoms with Gasteiger partial charge in [-0.2, -0.15) is 0 Å². The molecule has 0 fully saturated rings. The van der Waals surface area contributed by atoms with Crippen LogP contribution in [0.15, 0.2) is 21.5 Å². The fraction of sp³-hybridized carbons (Fsp3) is 0.462. The zero-order valence-electron chi connectivity index (χ0n) is 11.7. The molecule has 0 spiro atoms. The predicted octanol–water partition coefficient (Wildman–Crippen LogP) is 4.11. The number of rotatable bonds is 5. The van der Waals surface area contributed by atoms with Crippen LogP contribution < -0.4 is 0 Å². The molecule has 1 aromatic carbocycles. The Morgan fingerprint density at radius 1 is 1.38 bits per heavy atom. The Morgan fingerprint density at radius 3 is 2.43 bits per heavy atom. The molecular formula is C13H15BrClFO4S. The van der Waals surface area contributed by atoms with Crippen molar-refractivity contribution in [2.75, 3.05) is 0 Å². The van der Waals surface area contributed by atoms with Crippen LogP contribution in [0.2, 0.25) is 0 Å². The minimum atomic E-state index is -4.18. The van der Waals surface area contributed by atoms with Crippen molar-refractivity contribution < 1.29 is 22.3 Å². The van der Waals surface area contributed by atoms with Crippen LogP contribution in [0, 0.1) is 11.7 Å². The van der Waals surface area contributed by atoms with Gasteiger partial charge in [-0.25, -0.2) is 17.6 Å². The second-order valence-electron chi connectivity index (χ2n) is 5.05. The van der Waals surface area contributed by atoms with Gasteiger partial charge < -0.3 is 4.74 Å². The van der Waals surface area contributed by atoms with Crippen molar-refractivity contribution in [3.8, 4) is 0 Å². The Kier molecular flexibility index (Phi) is 6.19. The molecule has 1 rings (SSSR count). The van der Waals surface area contributed by atoms with Crippen molar-refractivity contribution in [1.82, 2.24) is 0 Å². The number of carbonyl (C=O) groups excluding carboxylic acids is 1. The summed E-state index contributed by atoms with van der Waals surface area (Å²) in [7, 11) is 1.03. The summed E-state index contributed by atoms with van der Waals surface area (Å²) in [4.78, 5) is 11.4. The highest BCUT2D eigenvalue weighted by Gasteiger charge is 2.22. The lowest BCUT2D eigenvalue weighted by molar-refractivity contribution is 0.0299. The standard InChI is InChI=1S/C13H15BrClFO4S/c1-7(2)4-8(3)20-13(17)9-5-10(16)12(14)11(6-9)21(15,18)19/h5-8H,4H2,1-3H3. The van der Waals surface area contributed by atoms with Gasteiger partial charge in [-0.3, -0.25) is 0 Å². The molecule has 0 aromatic heterocycles. The van der Waals surface area contributed by atoms with E-state index < -0.39 is 25.7 Å². The Morgan fingerprint density at radius 2 is 1.95 bits per heavy atom. The largest absolute Gasteiger partial charge is 0.459 e. The molecular weight excluding hydrogens is 387 g/mol. The Bertz CT molecular complexity index is 646. The molecule has 1 unspecified atom stereocenters. The van der Waals surface area contributed by atoms with Crippen LogP contribution in [0.25, 0.3) is 0 Å². The summed E-state index contributed by atoms with van der Waals surface area (Å²) in [6, 6.07) is 1.89. The summed E-state index contributed by atoms with van der Waals surface area (Å²) in [5, 5.41) is 0. The first-order valence-corrected chi connectivity index (χ1v) is 9.27. The van der Waals surface area contributed by atoms with Crippen LogP contribution in [0.5, 0.6) is 0 Å². The van der Waals surface area contributed by atoms with Crippen LogP contribution >= 0.6 is 26.6 Å². The average molecular weight is 402 g/mol. The molecule has 0 radical (unpaired) electrons. The van der Waals surface area contributed by atoms with Crippen molar-refractivity contribution in [3.05, 3.63) is 28.0 Å². The molecule has 0 N–H and O–H groups in total. The SMILES string of the molecule is CC(C)CC(C)OC(=O)c1cc(F)c(Br)c(S(=O)(=O)Cl)c1. The smallest absolute Gasteiger partial charge is 0.338 e. The van der Waals surface area contributed by atoms with Gasteiger partial charge in [0.2, 0.25) is 0 Å². The Balaban J connectivity index is 3.09. The van der Waals surface area contributed by atoms with Crippen LogP contribution in [0.1, 0.15) is 37.6 Å². The number of hydrogen-bond acceptors (Lipinski definition) is 4. The molecule has 0 aliphatic heterocycles. The minimum Gasteiger partial charge on any atom is -0.459 e. The maximum Gasteiger partial charge on any atom is 0.338 e. The molecule has 8 heteroatoms. The molecule has 0 aliphatic rings. The van der Waals surface area contributed by atoms with Gasteiger partial charge in [-0.15, -0.1) is 0 Å². The van der Waals surface area contributed by atoms with E-state index in [1.54, 1.807) is 6.92 Å². The van der Waals surface area contributed by atoms with E-state index in [9.17, 15) is 17.6 Å². The van der Waals surface area contributed by atoms with Gasteiger partial charge in [0.05, 0.1) is 16.1 Å². The molecule has 0 saturated heterocycles. The lowest BCUT2D eigenvalue weighted by Crippen LogP contribution is -2.17. The number of halogens is 3. The summed E-state index contributed by atoms with van der Waals surface area (Å²) in [5.74, 6) is -1.37. The van der Waals surface area contributed by atoms with Crippen molar-refractivity contribution >= 4 is 41.6 Å². The number of benzene rings is 1. The molecule has 0 saturated carbocycles. The summed E-state index contributed by atoms with van der Waals surface area (Å²) < 4.78 is 41.3. The van der Waals surface area contributed by atoms with Crippen LogP contribution in [0.4, 0.5) is 4.39 Å². The van der Waals surface area contributed by atoms with E-state index in [-0.39, 0.29) is 16.1 Å². The monoisotopic (exact) mass is 400 g/mol. The number of esters is 1. The molecule has 0 aliphatic carbocycles. The Labute approximate surface area is 136 Å². The third-order valence-corrected chi connectivity index (χ3v) is 5.02. The average Bonchev–Trinajstić information content (AvgIpc) is 2.29. The fourth-order valence-corrected chi connectivity index (χ4v) is 3.91. The van der Waals surface area contributed by atoms with E-state index in [1.807, 2.05) is 13.8 Å². The highest BCUT2D eigenvalue weighted by atomic mass is 79.9. The molecule has 0 heterocycles. The summed E-state index contributed by atoms with van der Waals surface area (Å²) >= 11 is 2.79. The van der Waals surface area contributed by atoms with Gasteiger partial charge in [0.1, 0.15) is 10.7 Å². The number of carbonyl (C=O) groups is 1. The van der Waals surface area contributed by atoms with Crippen molar-refractivity contribution in [3.63, 3.8) is 0 Å². The van der Waals surface area contributed by atoms with Crippen LogP contribution in [-0.4, -0.2) is 20.5 Å².